The average Bonchev–Trinajstić information content (AvgIpc) is 2.44. The van der Waals surface area contributed by atoms with E-state index >= 15 is 0 Å². The second-order valence-electron chi connectivity index (χ2n) is 4.23. The molecule has 2 heteroatoms. The molecule has 2 nitrogen and oxygen atoms in total. The lowest BCUT2D eigenvalue weighted by molar-refractivity contribution is -0.587. The molecule has 2 rings (SSSR count). The lowest BCUT2D eigenvalue weighted by Crippen LogP contribution is -2.36. The SMILES string of the molecule is CCCC1=CCC[N+]2=C1CCCCN2. The van der Waals surface area contributed by atoms with Crippen LogP contribution in [-0.4, -0.2) is 23.5 Å². The van der Waals surface area contributed by atoms with Crippen molar-refractivity contribution < 1.29 is 4.68 Å². The number of hydrazone groups is 1. The molecule has 0 aromatic rings. The molecule has 0 aromatic heterocycles. The zero-order chi connectivity index (χ0) is 9.80. The van der Waals surface area contributed by atoms with Gasteiger partial charge in [-0.15, -0.1) is 4.68 Å². The summed E-state index contributed by atoms with van der Waals surface area (Å²) < 4.78 is 2.40. The zero-order valence-corrected chi connectivity index (χ0v) is 9.18. The van der Waals surface area contributed by atoms with E-state index in [4.69, 9.17) is 0 Å². The number of hydrogen-bond donors (Lipinski definition) is 1. The molecular formula is C12H21N2+. The summed E-state index contributed by atoms with van der Waals surface area (Å²) in [5.74, 6) is 0. The normalized spacial score (nSPS) is 22.2. The van der Waals surface area contributed by atoms with Crippen molar-refractivity contribution in [3.63, 3.8) is 0 Å². The summed E-state index contributed by atoms with van der Waals surface area (Å²) in [7, 11) is 0. The van der Waals surface area contributed by atoms with Crippen molar-refractivity contribution in [3.05, 3.63) is 11.6 Å². The Bertz CT molecular complexity index is 263. The summed E-state index contributed by atoms with van der Waals surface area (Å²) in [6, 6.07) is 0. The number of hydrazine groups is 1. The number of hydrogen-bond acceptors (Lipinski definition) is 1. The Hall–Kier alpha value is -0.790. The van der Waals surface area contributed by atoms with Crippen LogP contribution in [0.3, 0.4) is 0 Å². The van der Waals surface area contributed by atoms with Gasteiger partial charge in [0.05, 0.1) is 6.54 Å². The van der Waals surface area contributed by atoms with Gasteiger partial charge in [-0.25, -0.2) is 0 Å². The van der Waals surface area contributed by atoms with E-state index in [1.54, 1.807) is 11.3 Å². The number of nitrogens with zero attached hydrogens (tertiary/aromatic N) is 1. The molecule has 0 bridgehead atoms. The van der Waals surface area contributed by atoms with Crippen LogP contribution in [0.2, 0.25) is 0 Å². The Labute approximate surface area is 86.7 Å². The second kappa shape index (κ2) is 4.63. The van der Waals surface area contributed by atoms with Crippen LogP contribution in [0.1, 0.15) is 45.4 Å². The Kier molecular flexibility index (Phi) is 3.22. The van der Waals surface area contributed by atoms with Gasteiger partial charge < -0.3 is 0 Å². The lowest BCUT2D eigenvalue weighted by atomic mass is 9.97. The van der Waals surface area contributed by atoms with Gasteiger partial charge in [-0.2, -0.15) is 5.43 Å². The Morgan fingerprint density at radius 1 is 1.43 bits per heavy atom. The van der Waals surface area contributed by atoms with E-state index in [0.29, 0.717) is 0 Å². The maximum Gasteiger partial charge on any atom is 0.208 e. The molecule has 0 radical (unpaired) electrons. The van der Waals surface area contributed by atoms with Crippen molar-refractivity contribution in [2.75, 3.05) is 13.1 Å². The Morgan fingerprint density at radius 2 is 2.36 bits per heavy atom. The van der Waals surface area contributed by atoms with Crippen LogP contribution in [0, 0.1) is 0 Å². The van der Waals surface area contributed by atoms with Crippen LogP contribution < -0.4 is 5.43 Å². The highest BCUT2D eigenvalue weighted by Crippen LogP contribution is 2.17. The predicted molar refractivity (Wildman–Crippen MR) is 59.6 cm³/mol. The summed E-state index contributed by atoms with van der Waals surface area (Å²) in [6.45, 7) is 4.59. The van der Waals surface area contributed by atoms with Gasteiger partial charge in [-0.05, 0) is 19.3 Å². The number of rotatable bonds is 2. The van der Waals surface area contributed by atoms with E-state index in [2.05, 4.69) is 23.1 Å². The highest BCUT2D eigenvalue weighted by molar-refractivity contribution is 5.96. The topological polar surface area (TPSA) is 15.0 Å². The zero-order valence-electron chi connectivity index (χ0n) is 9.18. The van der Waals surface area contributed by atoms with E-state index in [9.17, 15) is 0 Å². The van der Waals surface area contributed by atoms with E-state index in [0.717, 1.165) is 6.54 Å². The molecule has 0 amide bonds. The standard InChI is InChI=1S/C12H21N2/c1-2-6-11-7-5-10-14-12(11)8-3-4-9-13-14/h7,13H,2-6,8-10H2,1H3/q+1. The van der Waals surface area contributed by atoms with Crippen molar-refractivity contribution in [3.8, 4) is 0 Å². The van der Waals surface area contributed by atoms with Crippen molar-refractivity contribution in [2.24, 2.45) is 0 Å². The van der Waals surface area contributed by atoms with Crippen LogP contribution in [-0.2, 0) is 0 Å². The molecule has 0 unspecified atom stereocenters. The molecule has 78 valence electrons. The lowest BCUT2D eigenvalue weighted by Gasteiger charge is -2.13. The Balaban J connectivity index is 2.17. The van der Waals surface area contributed by atoms with Crippen molar-refractivity contribution in [1.29, 1.82) is 0 Å². The molecule has 0 saturated heterocycles. The molecule has 2 aliphatic heterocycles. The third-order valence-electron chi connectivity index (χ3n) is 3.10. The molecule has 2 heterocycles. The van der Waals surface area contributed by atoms with E-state index in [1.165, 1.54) is 45.1 Å². The van der Waals surface area contributed by atoms with Gasteiger partial charge >= 0.3 is 0 Å². The fraction of sp³-hybridized carbons (Fsp3) is 0.750. The summed E-state index contributed by atoms with van der Waals surface area (Å²) in [6.07, 6.45) is 10.1. The molecule has 0 aliphatic carbocycles. The van der Waals surface area contributed by atoms with Gasteiger partial charge in [0.1, 0.15) is 0 Å². The van der Waals surface area contributed by atoms with Gasteiger partial charge in [0.25, 0.3) is 0 Å². The van der Waals surface area contributed by atoms with E-state index in [1.807, 2.05) is 0 Å². The molecular weight excluding hydrogens is 172 g/mol. The summed E-state index contributed by atoms with van der Waals surface area (Å²) in [4.78, 5) is 0. The van der Waals surface area contributed by atoms with E-state index < -0.39 is 0 Å². The Morgan fingerprint density at radius 3 is 3.21 bits per heavy atom. The molecule has 0 aromatic carbocycles. The highest BCUT2D eigenvalue weighted by atomic mass is 15.4. The van der Waals surface area contributed by atoms with Gasteiger partial charge in [0.15, 0.2) is 6.54 Å². The first-order valence-corrected chi connectivity index (χ1v) is 5.98. The minimum Gasteiger partial charge on any atom is -0.198 e. The summed E-state index contributed by atoms with van der Waals surface area (Å²) >= 11 is 0. The monoisotopic (exact) mass is 193 g/mol. The quantitative estimate of drug-likeness (QED) is 0.665. The summed E-state index contributed by atoms with van der Waals surface area (Å²) in [5.41, 5.74) is 6.71. The largest absolute Gasteiger partial charge is 0.208 e. The van der Waals surface area contributed by atoms with Crippen LogP contribution in [0.4, 0.5) is 0 Å². The molecule has 0 fully saturated rings. The maximum absolute atomic E-state index is 3.53. The molecule has 0 spiro atoms. The highest BCUT2D eigenvalue weighted by Gasteiger charge is 2.24. The van der Waals surface area contributed by atoms with Gasteiger partial charge in [0.2, 0.25) is 5.71 Å². The molecule has 0 saturated carbocycles. The van der Waals surface area contributed by atoms with Crippen LogP contribution in [0.15, 0.2) is 11.6 Å². The first-order valence-electron chi connectivity index (χ1n) is 5.98. The van der Waals surface area contributed by atoms with Crippen molar-refractivity contribution >= 4 is 5.71 Å². The van der Waals surface area contributed by atoms with Crippen LogP contribution in [0.5, 0.6) is 0 Å². The van der Waals surface area contributed by atoms with Crippen molar-refractivity contribution in [1.82, 2.24) is 5.43 Å². The summed E-state index contributed by atoms with van der Waals surface area (Å²) in [5, 5.41) is 0. The third-order valence-corrected chi connectivity index (χ3v) is 3.10. The van der Waals surface area contributed by atoms with Gasteiger partial charge in [0, 0.05) is 18.4 Å². The fourth-order valence-electron chi connectivity index (χ4n) is 2.41. The van der Waals surface area contributed by atoms with Gasteiger partial charge in [-0.3, -0.25) is 0 Å². The average molecular weight is 193 g/mol. The molecule has 1 N–H and O–H groups in total. The smallest absolute Gasteiger partial charge is 0.198 e. The molecule has 14 heavy (non-hydrogen) atoms. The van der Waals surface area contributed by atoms with Crippen LogP contribution >= 0.6 is 0 Å². The number of nitrogens with one attached hydrogen (secondary N) is 1. The predicted octanol–water partition coefficient (Wildman–Crippen LogP) is 2.26. The minimum absolute atomic E-state index is 1.16. The third kappa shape index (κ3) is 1.99. The number of allylic oxidation sites excluding steroid dienone is 1. The van der Waals surface area contributed by atoms with Crippen LogP contribution in [0.25, 0.3) is 0 Å². The first-order chi connectivity index (χ1) is 6.92. The first kappa shape index (κ1) is 9.75. The molecule has 2 aliphatic rings. The van der Waals surface area contributed by atoms with Gasteiger partial charge in [-0.1, -0.05) is 19.4 Å². The molecule has 0 atom stereocenters. The van der Waals surface area contributed by atoms with E-state index in [-0.39, 0.29) is 0 Å². The maximum atomic E-state index is 3.53. The van der Waals surface area contributed by atoms with Crippen molar-refractivity contribution in [2.45, 2.75) is 45.4 Å². The minimum atomic E-state index is 1.16. The fourth-order valence-corrected chi connectivity index (χ4v) is 2.41. The second-order valence-corrected chi connectivity index (χ2v) is 4.23.